The number of thiazole rings is 1. The molecule has 2 fully saturated rings. The summed E-state index contributed by atoms with van der Waals surface area (Å²) in [6, 6.07) is 0. The standard InChI is InChI=1S/C20H31N3O2S/c1-14(2)18(24)21-10-9-17-13-26-19(22-17)16-8-5-11-23(12-16)20(25)15-6-3-4-7-15/h13-16H,3-12H2,1-2H3,(H,21,24)/t16-/m0/s1. The van der Waals surface area contributed by atoms with Gasteiger partial charge < -0.3 is 10.2 Å². The Labute approximate surface area is 160 Å². The molecule has 0 unspecified atom stereocenters. The SMILES string of the molecule is CC(C)C(=O)NCCc1csc([C@H]2CCCN(C(=O)C3CCCC3)C2)n1. The molecule has 0 radical (unpaired) electrons. The van der Waals surface area contributed by atoms with Gasteiger partial charge in [0.2, 0.25) is 11.8 Å². The van der Waals surface area contributed by atoms with E-state index in [4.69, 9.17) is 4.98 Å². The van der Waals surface area contributed by atoms with Crippen molar-refractivity contribution in [1.82, 2.24) is 15.2 Å². The van der Waals surface area contributed by atoms with Crippen LogP contribution in [0.15, 0.2) is 5.38 Å². The van der Waals surface area contributed by atoms with Crippen LogP contribution in [0.1, 0.15) is 69.0 Å². The molecule has 0 aromatic carbocycles. The Balaban J connectivity index is 1.51. The molecule has 1 N–H and O–H groups in total. The lowest BCUT2D eigenvalue weighted by atomic mass is 9.96. The van der Waals surface area contributed by atoms with Crippen LogP contribution in [0.25, 0.3) is 0 Å². The first-order valence-corrected chi connectivity index (χ1v) is 10.9. The van der Waals surface area contributed by atoms with Crippen LogP contribution >= 0.6 is 11.3 Å². The molecule has 144 valence electrons. The second kappa shape index (κ2) is 8.98. The molecule has 1 saturated heterocycles. The molecule has 6 heteroatoms. The van der Waals surface area contributed by atoms with Crippen LogP contribution in [0.3, 0.4) is 0 Å². The molecule has 2 heterocycles. The number of amides is 2. The predicted octanol–water partition coefficient (Wildman–Crippen LogP) is 3.35. The third-order valence-corrected chi connectivity index (χ3v) is 6.62. The van der Waals surface area contributed by atoms with E-state index in [2.05, 4.69) is 15.6 Å². The fourth-order valence-corrected chi connectivity index (χ4v) is 4.93. The van der Waals surface area contributed by atoms with Crippen LogP contribution in [0.4, 0.5) is 0 Å². The lowest BCUT2D eigenvalue weighted by molar-refractivity contribution is -0.136. The maximum atomic E-state index is 12.7. The van der Waals surface area contributed by atoms with E-state index >= 15 is 0 Å². The molecule has 0 spiro atoms. The van der Waals surface area contributed by atoms with Crippen LogP contribution in [0, 0.1) is 11.8 Å². The van der Waals surface area contributed by atoms with Gasteiger partial charge in [-0.2, -0.15) is 0 Å². The van der Waals surface area contributed by atoms with Crippen molar-refractivity contribution in [2.75, 3.05) is 19.6 Å². The minimum Gasteiger partial charge on any atom is -0.355 e. The molecule has 1 aliphatic carbocycles. The number of hydrogen-bond acceptors (Lipinski definition) is 4. The fourth-order valence-electron chi connectivity index (χ4n) is 3.95. The smallest absolute Gasteiger partial charge is 0.225 e. The number of piperidine rings is 1. The molecule has 1 aliphatic heterocycles. The Kier molecular flexibility index (Phi) is 6.68. The molecule has 1 atom stereocenters. The highest BCUT2D eigenvalue weighted by Crippen LogP contribution is 2.32. The van der Waals surface area contributed by atoms with Gasteiger partial charge in [0.25, 0.3) is 0 Å². The topological polar surface area (TPSA) is 62.3 Å². The van der Waals surface area contributed by atoms with Crippen molar-refractivity contribution in [3.63, 3.8) is 0 Å². The van der Waals surface area contributed by atoms with Gasteiger partial charge in [-0.05, 0) is 25.7 Å². The molecule has 2 amide bonds. The quantitative estimate of drug-likeness (QED) is 0.827. The van der Waals surface area contributed by atoms with E-state index in [1.54, 1.807) is 11.3 Å². The highest BCUT2D eigenvalue weighted by atomic mass is 32.1. The summed E-state index contributed by atoms with van der Waals surface area (Å²) < 4.78 is 0. The number of likely N-dealkylation sites (tertiary alicyclic amines) is 1. The highest BCUT2D eigenvalue weighted by Gasteiger charge is 2.31. The molecule has 1 aromatic heterocycles. The maximum Gasteiger partial charge on any atom is 0.225 e. The van der Waals surface area contributed by atoms with E-state index in [0.717, 1.165) is 55.9 Å². The van der Waals surface area contributed by atoms with Gasteiger partial charge in [-0.1, -0.05) is 26.7 Å². The molecule has 5 nitrogen and oxygen atoms in total. The van der Waals surface area contributed by atoms with Gasteiger partial charge in [0, 0.05) is 49.2 Å². The second-order valence-electron chi connectivity index (χ2n) is 7.98. The molecular formula is C20H31N3O2S. The van der Waals surface area contributed by atoms with Crippen molar-refractivity contribution in [2.24, 2.45) is 11.8 Å². The Hall–Kier alpha value is -1.43. The van der Waals surface area contributed by atoms with E-state index in [9.17, 15) is 9.59 Å². The maximum absolute atomic E-state index is 12.7. The summed E-state index contributed by atoms with van der Waals surface area (Å²) in [5, 5.41) is 6.20. The molecule has 2 aliphatic rings. The lowest BCUT2D eigenvalue weighted by Crippen LogP contribution is -2.41. The van der Waals surface area contributed by atoms with E-state index < -0.39 is 0 Å². The largest absolute Gasteiger partial charge is 0.355 e. The zero-order valence-electron chi connectivity index (χ0n) is 16.0. The zero-order valence-corrected chi connectivity index (χ0v) is 16.8. The molecule has 0 bridgehead atoms. The third kappa shape index (κ3) is 4.84. The number of nitrogens with one attached hydrogen (secondary N) is 1. The first-order valence-electron chi connectivity index (χ1n) is 10.1. The predicted molar refractivity (Wildman–Crippen MR) is 104 cm³/mol. The Bertz CT molecular complexity index is 622. The summed E-state index contributed by atoms with van der Waals surface area (Å²) in [4.78, 5) is 31.2. The second-order valence-corrected chi connectivity index (χ2v) is 8.87. The van der Waals surface area contributed by atoms with E-state index in [1.165, 1.54) is 12.8 Å². The summed E-state index contributed by atoms with van der Waals surface area (Å²) in [5.41, 5.74) is 1.05. The van der Waals surface area contributed by atoms with E-state index in [-0.39, 0.29) is 17.7 Å². The van der Waals surface area contributed by atoms with Gasteiger partial charge in [-0.25, -0.2) is 4.98 Å². The van der Waals surface area contributed by atoms with Crippen molar-refractivity contribution < 1.29 is 9.59 Å². The van der Waals surface area contributed by atoms with Crippen LogP contribution < -0.4 is 5.32 Å². The van der Waals surface area contributed by atoms with Crippen LogP contribution in [0.2, 0.25) is 0 Å². The van der Waals surface area contributed by atoms with Crippen molar-refractivity contribution in [3.8, 4) is 0 Å². The molecule has 3 rings (SSSR count). The van der Waals surface area contributed by atoms with Crippen molar-refractivity contribution in [1.29, 1.82) is 0 Å². The van der Waals surface area contributed by atoms with Gasteiger partial charge >= 0.3 is 0 Å². The normalized spacial score (nSPS) is 21.3. The molecule has 26 heavy (non-hydrogen) atoms. The average molecular weight is 378 g/mol. The summed E-state index contributed by atoms with van der Waals surface area (Å²) in [5.74, 6) is 1.13. The van der Waals surface area contributed by atoms with E-state index in [1.807, 2.05) is 13.8 Å². The van der Waals surface area contributed by atoms with Crippen molar-refractivity contribution in [3.05, 3.63) is 16.1 Å². The number of carbonyl (C=O) groups is 2. The monoisotopic (exact) mass is 377 g/mol. The fraction of sp³-hybridized carbons (Fsp3) is 0.750. The first kappa shape index (κ1) is 19.3. The summed E-state index contributed by atoms with van der Waals surface area (Å²) in [7, 11) is 0. The third-order valence-electron chi connectivity index (χ3n) is 5.56. The van der Waals surface area contributed by atoms with Gasteiger partial charge in [-0.15, -0.1) is 11.3 Å². The van der Waals surface area contributed by atoms with Crippen molar-refractivity contribution >= 4 is 23.2 Å². The van der Waals surface area contributed by atoms with Crippen molar-refractivity contribution in [2.45, 2.75) is 64.7 Å². The number of nitrogens with zero attached hydrogens (tertiary/aromatic N) is 2. The number of carbonyl (C=O) groups excluding carboxylic acids is 2. The minimum absolute atomic E-state index is 0.0200. The summed E-state index contributed by atoms with van der Waals surface area (Å²) >= 11 is 1.71. The Morgan fingerprint density at radius 1 is 1.27 bits per heavy atom. The van der Waals surface area contributed by atoms with Gasteiger partial charge in [0.1, 0.15) is 0 Å². The summed E-state index contributed by atoms with van der Waals surface area (Å²) in [6.07, 6.45) is 7.51. The summed E-state index contributed by atoms with van der Waals surface area (Å²) in [6.45, 7) is 6.17. The zero-order chi connectivity index (χ0) is 18.5. The Morgan fingerprint density at radius 2 is 2.04 bits per heavy atom. The van der Waals surface area contributed by atoms with Gasteiger partial charge in [0.05, 0.1) is 10.7 Å². The van der Waals surface area contributed by atoms with Gasteiger partial charge in [-0.3, -0.25) is 9.59 Å². The molecule has 1 saturated carbocycles. The number of hydrogen-bond donors (Lipinski definition) is 1. The lowest BCUT2D eigenvalue weighted by Gasteiger charge is -2.33. The molecule has 1 aromatic rings. The first-order chi connectivity index (χ1) is 12.5. The number of aromatic nitrogens is 1. The highest BCUT2D eigenvalue weighted by molar-refractivity contribution is 7.09. The molecular weight excluding hydrogens is 346 g/mol. The average Bonchev–Trinajstić information content (AvgIpc) is 3.33. The van der Waals surface area contributed by atoms with Crippen LogP contribution in [-0.2, 0) is 16.0 Å². The van der Waals surface area contributed by atoms with Gasteiger partial charge in [0.15, 0.2) is 0 Å². The number of rotatable bonds is 6. The van der Waals surface area contributed by atoms with E-state index in [0.29, 0.717) is 18.4 Å². The van der Waals surface area contributed by atoms with Crippen LogP contribution in [0.5, 0.6) is 0 Å². The minimum atomic E-state index is 0.0200. The van der Waals surface area contributed by atoms with Crippen LogP contribution in [-0.4, -0.2) is 41.3 Å². The Morgan fingerprint density at radius 3 is 2.77 bits per heavy atom.